The Morgan fingerprint density at radius 3 is 2.47 bits per heavy atom. The number of nitrogens with zero attached hydrogens (tertiary/aromatic N) is 2. The Bertz CT molecular complexity index is 439. The fourth-order valence-electron chi connectivity index (χ4n) is 2.91. The predicted molar refractivity (Wildman–Crippen MR) is 80.8 cm³/mol. The number of halogens is 1. The van der Waals surface area contributed by atoms with E-state index in [1.54, 1.807) is 0 Å². The van der Waals surface area contributed by atoms with Gasteiger partial charge in [-0.25, -0.2) is 9.97 Å². The summed E-state index contributed by atoms with van der Waals surface area (Å²) in [6, 6.07) is 0. The zero-order chi connectivity index (χ0) is 13.9. The summed E-state index contributed by atoms with van der Waals surface area (Å²) in [7, 11) is 0. The number of hydrogen-bond acceptors (Lipinski definition) is 3. The van der Waals surface area contributed by atoms with Gasteiger partial charge in [0.05, 0.1) is 0 Å². The van der Waals surface area contributed by atoms with Crippen molar-refractivity contribution in [1.29, 1.82) is 0 Å². The zero-order valence-corrected chi connectivity index (χ0v) is 13.0. The highest BCUT2D eigenvalue weighted by molar-refractivity contribution is 6.30. The van der Waals surface area contributed by atoms with Gasteiger partial charge in [-0.3, -0.25) is 0 Å². The molecule has 1 N–H and O–H groups in total. The number of hydrogen-bond donors (Lipinski definition) is 1. The van der Waals surface area contributed by atoms with Crippen molar-refractivity contribution in [3.05, 3.63) is 16.5 Å². The van der Waals surface area contributed by atoms with Crippen molar-refractivity contribution >= 4 is 17.4 Å². The van der Waals surface area contributed by atoms with Crippen LogP contribution in [0.25, 0.3) is 0 Å². The van der Waals surface area contributed by atoms with Gasteiger partial charge in [-0.2, -0.15) is 0 Å². The first-order valence-corrected chi connectivity index (χ1v) is 7.75. The van der Waals surface area contributed by atoms with Crippen molar-refractivity contribution in [3.8, 4) is 0 Å². The summed E-state index contributed by atoms with van der Waals surface area (Å²) in [5, 5.41) is 4.10. The Morgan fingerprint density at radius 1 is 1.21 bits per heavy atom. The van der Waals surface area contributed by atoms with Crippen molar-refractivity contribution in [2.45, 2.75) is 59.3 Å². The minimum Gasteiger partial charge on any atom is -0.369 e. The monoisotopic (exact) mass is 281 g/mol. The quantitative estimate of drug-likeness (QED) is 0.814. The molecule has 1 saturated carbocycles. The van der Waals surface area contributed by atoms with Crippen LogP contribution in [-0.4, -0.2) is 16.5 Å². The molecule has 1 heterocycles. The molecule has 0 aliphatic heterocycles. The van der Waals surface area contributed by atoms with Gasteiger partial charge in [0.15, 0.2) is 0 Å². The van der Waals surface area contributed by atoms with Gasteiger partial charge in [-0.15, -0.1) is 0 Å². The molecular weight excluding hydrogens is 258 g/mol. The van der Waals surface area contributed by atoms with E-state index in [0.29, 0.717) is 10.6 Å². The smallest absolute Gasteiger partial charge is 0.137 e. The number of aryl methyl sites for hydroxylation is 1. The molecule has 0 aromatic carbocycles. The lowest BCUT2D eigenvalue weighted by Crippen LogP contribution is -2.26. The Hall–Kier alpha value is -0.830. The third-order valence-corrected chi connectivity index (χ3v) is 4.86. The third-order valence-electron chi connectivity index (χ3n) is 4.49. The molecule has 2 rings (SSSR count). The molecule has 1 aliphatic carbocycles. The molecule has 0 atom stereocenters. The summed E-state index contributed by atoms with van der Waals surface area (Å²) in [6.45, 7) is 7.33. The SMILES string of the molecule is CCc1nc(Cl)c(C)c(NCC2(CC)CCCC2)n1. The molecule has 1 fully saturated rings. The van der Waals surface area contributed by atoms with Gasteiger partial charge in [-0.1, -0.05) is 38.3 Å². The first kappa shape index (κ1) is 14.6. The largest absolute Gasteiger partial charge is 0.369 e. The maximum Gasteiger partial charge on any atom is 0.137 e. The molecule has 0 radical (unpaired) electrons. The molecule has 106 valence electrons. The molecule has 0 saturated heterocycles. The first-order valence-electron chi connectivity index (χ1n) is 7.37. The van der Waals surface area contributed by atoms with Crippen molar-refractivity contribution in [1.82, 2.24) is 9.97 Å². The van der Waals surface area contributed by atoms with Crippen molar-refractivity contribution in [2.24, 2.45) is 5.41 Å². The van der Waals surface area contributed by atoms with E-state index in [1.165, 1.54) is 32.1 Å². The Morgan fingerprint density at radius 2 is 1.89 bits per heavy atom. The molecule has 0 bridgehead atoms. The summed E-state index contributed by atoms with van der Waals surface area (Å²) in [5.74, 6) is 1.73. The topological polar surface area (TPSA) is 37.8 Å². The maximum atomic E-state index is 6.17. The highest BCUT2D eigenvalue weighted by atomic mass is 35.5. The average Bonchev–Trinajstić information content (AvgIpc) is 2.89. The van der Waals surface area contributed by atoms with E-state index in [0.717, 1.165) is 30.2 Å². The molecule has 0 spiro atoms. The summed E-state index contributed by atoms with van der Waals surface area (Å²) in [5.41, 5.74) is 1.42. The minimum absolute atomic E-state index is 0.455. The van der Waals surface area contributed by atoms with Gasteiger partial charge in [-0.05, 0) is 31.6 Å². The van der Waals surface area contributed by atoms with Crippen LogP contribution in [0.4, 0.5) is 5.82 Å². The van der Waals surface area contributed by atoms with Crippen LogP contribution in [0, 0.1) is 12.3 Å². The van der Waals surface area contributed by atoms with E-state index in [9.17, 15) is 0 Å². The number of nitrogens with one attached hydrogen (secondary N) is 1. The van der Waals surface area contributed by atoms with Gasteiger partial charge in [0.1, 0.15) is 16.8 Å². The van der Waals surface area contributed by atoms with E-state index in [2.05, 4.69) is 29.1 Å². The summed E-state index contributed by atoms with van der Waals surface area (Å²) >= 11 is 6.17. The highest BCUT2D eigenvalue weighted by Gasteiger charge is 2.31. The van der Waals surface area contributed by atoms with Crippen molar-refractivity contribution in [2.75, 3.05) is 11.9 Å². The van der Waals surface area contributed by atoms with Crippen LogP contribution in [0.1, 0.15) is 57.3 Å². The van der Waals surface area contributed by atoms with E-state index in [1.807, 2.05) is 6.92 Å². The predicted octanol–water partition coefficient (Wildman–Crippen LogP) is 4.38. The molecular formula is C15H24ClN3. The average molecular weight is 282 g/mol. The molecule has 1 aromatic rings. The van der Waals surface area contributed by atoms with Gasteiger partial charge in [0.25, 0.3) is 0 Å². The molecule has 0 amide bonds. The first-order chi connectivity index (χ1) is 9.10. The summed E-state index contributed by atoms with van der Waals surface area (Å²) in [6.07, 6.45) is 7.43. The van der Waals surface area contributed by atoms with E-state index >= 15 is 0 Å². The summed E-state index contributed by atoms with van der Waals surface area (Å²) < 4.78 is 0. The Balaban J connectivity index is 2.12. The van der Waals surface area contributed by atoms with Crippen LogP contribution >= 0.6 is 11.6 Å². The van der Waals surface area contributed by atoms with Crippen LogP contribution in [-0.2, 0) is 6.42 Å². The lowest BCUT2D eigenvalue weighted by atomic mass is 9.83. The van der Waals surface area contributed by atoms with Crippen molar-refractivity contribution in [3.63, 3.8) is 0 Å². The summed E-state index contributed by atoms with van der Waals surface area (Å²) in [4.78, 5) is 8.85. The second-order valence-corrected chi connectivity index (χ2v) is 6.03. The second kappa shape index (κ2) is 6.08. The van der Waals surface area contributed by atoms with Gasteiger partial charge >= 0.3 is 0 Å². The third kappa shape index (κ3) is 3.19. The minimum atomic E-state index is 0.455. The van der Waals surface area contributed by atoms with Crippen molar-refractivity contribution < 1.29 is 0 Å². The standard InChI is InChI=1S/C15H24ClN3/c1-4-12-18-13(16)11(3)14(19-12)17-10-15(5-2)8-6-7-9-15/h4-10H2,1-3H3,(H,17,18,19). The van der Waals surface area contributed by atoms with Crippen LogP contribution in [0.15, 0.2) is 0 Å². The fourth-order valence-corrected chi connectivity index (χ4v) is 3.10. The number of aromatic nitrogens is 2. The molecule has 1 aliphatic rings. The van der Waals surface area contributed by atoms with Gasteiger partial charge < -0.3 is 5.32 Å². The van der Waals surface area contributed by atoms with Crippen LogP contribution < -0.4 is 5.32 Å². The molecule has 1 aromatic heterocycles. The molecule has 4 heteroatoms. The van der Waals surface area contributed by atoms with E-state index in [4.69, 9.17) is 11.6 Å². The highest BCUT2D eigenvalue weighted by Crippen LogP contribution is 2.41. The van der Waals surface area contributed by atoms with Crippen LogP contribution in [0.5, 0.6) is 0 Å². The fraction of sp³-hybridized carbons (Fsp3) is 0.733. The van der Waals surface area contributed by atoms with Gasteiger partial charge in [0, 0.05) is 18.5 Å². The van der Waals surface area contributed by atoms with Crippen LogP contribution in [0.3, 0.4) is 0 Å². The molecule has 0 unspecified atom stereocenters. The maximum absolute atomic E-state index is 6.17. The Labute approximate surface area is 121 Å². The lowest BCUT2D eigenvalue weighted by molar-refractivity contribution is 0.306. The van der Waals surface area contributed by atoms with E-state index in [-0.39, 0.29) is 0 Å². The molecule has 19 heavy (non-hydrogen) atoms. The van der Waals surface area contributed by atoms with E-state index < -0.39 is 0 Å². The lowest BCUT2D eigenvalue weighted by Gasteiger charge is -2.28. The second-order valence-electron chi connectivity index (χ2n) is 5.67. The zero-order valence-electron chi connectivity index (χ0n) is 12.2. The number of anilines is 1. The number of rotatable bonds is 5. The van der Waals surface area contributed by atoms with Gasteiger partial charge in [0.2, 0.25) is 0 Å². The normalized spacial score (nSPS) is 17.7. The van der Waals surface area contributed by atoms with Crippen LogP contribution in [0.2, 0.25) is 5.15 Å². The Kier molecular flexibility index (Phi) is 4.67. The molecule has 3 nitrogen and oxygen atoms in total.